The van der Waals surface area contributed by atoms with Crippen molar-refractivity contribution in [2.24, 2.45) is 0 Å². The predicted molar refractivity (Wildman–Crippen MR) is 108 cm³/mol. The summed E-state index contributed by atoms with van der Waals surface area (Å²) in [5.74, 6) is -0.0548. The smallest absolute Gasteiger partial charge is 0.324 e. The second-order valence-electron chi connectivity index (χ2n) is 8.26. The van der Waals surface area contributed by atoms with Crippen molar-refractivity contribution < 1.29 is 9.59 Å². The third kappa shape index (κ3) is 5.45. The number of rotatable bonds is 7. The van der Waals surface area contributed by atoms with Crippen LogP contribution in [0.1, 0.15) is 39.5 Å². The molecule has 2 aliphatic heterocycles. The molecule has 0 saturated carbocycles. The zero-order chi connectivity index (χ0) is 19.3. The highest BCUT2D eigenvalue weighted by Crippen LogP contribution is 2.18. The third-order valence-electron chi connectivity index (χ3n) is 5.43. The van der Waals surface area contributed by atoms with Gasteiger partial charge in [0.05, 0.1) is 0 Å². The molecule has 6 heteroatoms. The normalized spacial score (nSPS) is 20.7. The van der Waals surface area contributed by atoms with Crippen molar-refractivity contribution in [2.45, 2.75) is 45.1 Å². The van der Waals surface area contributed by atoms with E-state index in [1.165, 1.54) is 10.6 Å². The first-order valence-electron chi connectivity index (χ1n) is 10.1. The highest BCUT2D eigenvalue weighted by atomic mass is 16.2. The Labute approximate surface area is 162 Å². The summed E-state index contributed by atoms with van der Waals surface area (Å²) >= 11 is 0. The van der Waals surface area contributed by atoms with E-state index in [0.717, 1.165) is 52.0 Å². The molecule has 0 radical (unpaired) electrons. The molecule has 0 bridgehead atoms. The quantitative estimate of drug-likeness (QED) is 0.748. The average molecular weight is 373 g/mol. The van der Waals surface area contributed by atoms with Gasteiger partial charge in [-0.2, -0.15) is 0 Å². The van der Waals surface area contributed by atoms with E-state index in [0.29, 0.717) is 13.0 Å². The van der Waals surface area contributed by atoms with Crippen LogP contribution in [0.25, 0.3) is 0 Å². The summed E-state index contributed by atoms with van der Waals surface area (Å²) in [7, 11) is 0. The van der Waals surface area contributed by atoms with Gasteiger partial charge in [-0.25, -0.2) is 4.79 Å². The Morgan fingerprint density at radius 3 is 2.26 bits per heavy atom. The van der Waals surface area contributed by atoms with E-state index in [2.05, 4.69) is 45.4 Å². The first-order chi connectivity index (χ1) is 12.9. The average Bonchev–Trinajstić information content (AvgIpc) is 2.64. The van der Waals surface area contributed by atoms with E-state index in [9.17, 15) is 9.59 Å². The van der Waals surface area contributed by atoms with Crippen LogP contribution in [0.4, 0.5) is 10.5 Å². The number of hydrogen-bond donors (Lipinski definition) is 1. The molecule has 148 valence electrons. The standard InChI is InChI=1S/C21H32N4O2/c1-21(2)17-19(26)25(20(27)22-21)12-8-4-7-11-23-13-15-24(16-14-23)18-9-5-3-6-10-18/h3,5-6,9-10H,4,7-8,11-17H2,1-2H3,(H,22,27). The molecule has 2 heterocycles. The fourth-order valence-corrected chi connectivity index (χ4v) is 3.86. The molecule has 0 unspecified atom stereocenters. The van der Waals surface area contributed by atoms with Gasteiger partial charge in [0.1, 0.15) is 0 Å². The summed E-state index contributed by atoms with van der Waals surface area (Å²) < 4.78 is 0. The van der Waals surface area contributed by atoms with Gasteiger partial charge in [0.25, 0.3) is 0 Å². The predicted octanol–water partition coefficient (Wildman–Crippen LogP) is 2.70. The SMILES string of the molecule is CC1(C)CC(=O)N(CCCCCN2CCN(c3ccccc3)CC2)C(=O)N1. The zero-order valence-electron chi connectivity index (χ0n) is 16.6. The van der Waals surface area contributed by atoms with Gasteiger partial charge in [-0.1, -0.05) is 24.6 Å². The molecule has 1 aromatic carbocycles. The van der Waals surface area contributed by atoms with Crippen molar-refractivity contribution in [2.75, 3.05) is 44.2 Å². The van der Waals surface area contributed by atoms with Crippen molar-refractivity contribution in [1.29, 1.82) is 0 Å². The monoisotopic (exact) mass is 372 g/mol. The second kappa shape index (κ2) is 8.74. The molecular weight excluding hydrogens is 340 g/mol. The second-order valence-corrected chi connectivity index (χ2v) is 8.26. The van der Waals surface area contributed by atoms with Crippen molar-refractivity contribution in [3.05, 3.63) is 30.3 Å². The van der Waals surface area contributed by atoms with Gasteiger partial charge in [0, 0.05) is 50.4 Å². The summed E-state index contributed by atoms with van der Waals surface area (Å²) in [5.41, 5.74) is 0.886. The molecule has 3 amide bonds. The Bertz CT molecular complexity index is 619. The topological polar surface area (TPSA) is 55.9 Å². The molecule has 1 N–H and O–H groups in total. The lowest BCUT2D eigenvalue weighted by Crippen LogP contribution is -2.59. The Hall–Kier alpha value is -2.08. The van der Waals surface area contributed by atoms with Crippen LogP contribution < -0.4 is 10.2 Å². The Balaban J connectivity index is 1.30. The van der Waals surface area contributed by atoms with Crippen molar-refractivity contribution >= 4 is 17.6 Å². The van der Waals surface area contributed by atoms with E-state index in [4.69, 9.17) is 0 Å². The van der Waals surface area contributed by atoms with Gasteiger partial charge >= 0.3 is 6.03 Å². The number of benzene rings is 1. The summed E-state index contributed by atoms with van der Waals surface area (Å²) in [6, 6.07) is 10.4. The van der Waals surface area contributed by atoms with Gasteiger partial charge in [-0.15, -0.1) is 0 Å². The van der Waals surface area contributed by atoms with Gasteiger partial charge in [0.2, 0.25) is 5.91 Å². The van der Waals surface area contributed by atoms with Crippen molar-refractivity contribution in [1.82, 2.24) is 15.1 Å². The maximum Gasteiger partial charge on any atom is 0.324 e. The lowest BCUT2D eigenvalue weighted by atomic mass is 9.97. The molecule has 0 atom stereocenters. The van der Waals surface area contributed by atoms with E-state index in [1.54, 1.807) is 0 Å². The Kier molecular flexibility index (Phi) is 6.37. The first-order valence-corrected chi connectivity index (χ1v) is 10.1. The molecule has 6 nitrogen and oxygen atoms in total. The number of imide groups is 1. The number of urea groups is 1. The summed E-state index contributed by atoms with van der Waals surface area (Å²) in [5, 5.41) is 2.90. The number of hydrogen-bond acceptors (Lipinski definition) is 4. The van der Waals surface area contributed by atoms with Crippen LogP contribution in [-0.2, 0) is 4.79 Å². The van der Waals surface area contributed by atoms with Gasteiger partial charge < -0.3 is 10.2 Å². The first kappa shape index (κ1) is 19.7. The highest BCUT2D eigenvalue weighted by molar-refractivity contribution is 5.97. The maximum absolute atomic E-state index is 12.1. The number of carbonyl (C=O) groups excluding carboxylic acids is 2. The number of amides is 3. The van der Waals surface area contributed by atoms with Crippen LogP contribution in [-0.4, -0.2) is 66.5 Å². The van der Waals surface area contributed by atoms with Crippen LogP contribution in [0.15, 0.2) is 30.3 Å². The highest BCUT2D eigenvalue weighted by Gasteiger charge is 2.36. The van der Waals surface area contributed by atoms with Crippen molar-refractivity contribution in [3.8, 4) is 0 Å². The molecule has 0 aliphatic carbocycles. The fourth-order valence-electron chi connectivity index (χ4n) is 3.86. The third-order valence-corrected chi connectivity index (χ3v) is 5.43. The molecule has 27 heavy (non-hydrogen) atoms. The summed E-state index contributed by atoms with van der Waals surface area (Å²) in [6.45, 7) is 9.73. The lowest BCUT2D eigenvalue weighted by molar-refractivity contribution is -0.131. The number of piperazine rings is 1. The molecule has 2 aliphatic rings. The number of nitrogens with zero attached hydrogens (tertiary/aromatic N) is 3. The summed E-state index contributed by atoms with van der Waals surface area (Å²) in [4.78, 5) is 30.5. The molecular formula is C21H32N4O2. The molecule has 2 saturated heterocycles. The van der Waals surface area contributed by atoms with E-state index < -0.39 is 5.54 Å². The number of unbranched alkanes of at least 4 members (excludes halogenated alkanes) is 2. The van der Waals surface area contributed by atoms with E-state index >= 15 is 0 Å². The van der Waals surface area contributed by atoms with Crippen LogP contribution in [0.3, 0.4) is 0 Å². The van der Waals surface area contributed by atoms with Crippen molar-refractivity contribution in [3.63, 3.8) is 0 Å². The Morgan fingerprint density at radius 1 is 0.926 bits per heavy atom. The van der Waals surface area contributed by atoms with Gasteiger partial charge in [-0.3, -0.25) is 14.6 Å². The number of anilines is 1. The number of carbonyl (C=O) groups is 2. The van der Waals surface area contributed by atoms with Gasteiger partial charge in [0.15, 0.2) is 0 Å². The molecule has 2 fully saturated rings. The lowest BCUT2D eigenvalue weighted by Gasteiger charge is -2.36. The van der Waals surface area contributed by atoms with Crippen LogP contribution in [0.5, 0.6) is 0 Å². The summed E-state index contributed by atoms with van der Waals surface area (Å²) in [6.07, 6.45) is 3.41. The van der Waals surface area contributed by atoms with Crippen LogP contribution >= 0.6 is 0 Å². The maximum atomic E-state index is 12.1. The van der Waals surface area contributed by atoms with Crippen LogP contribution in [0, 0.1) is 0 Å². The number of para-hydroxylation sites is 1. The molecule has 0 spiro atoms. The fraction of sp³-hybridized carbons (Fsp3) is 0.619. The molecule has 1 aromatic rings. The largest absolute Gasteiger partial charge is 0.369 e. The van der Waals surface area contributed by atoms with Gasteiger partial charge in [-0.05, 0) is 45.4 Å². The zero-order valence-corrected chi connectivity index (χ0v) is 16.6. The van der Waals surface area contributed by atoms with E-state index in [-0.39, 0.29) is 11.9 Å². The van der Waals surface area contributed by atoms with Crippen LogP contribution in [0.2, 0.25) is 0 Å². The minimum atomic E-state index is -0.424. The number of nitrogens with one attached hydrogen (secondary N) is 1. The van der Waals surface area contributed by atoms with E-state index in [1.807, 2.05) is 13.8 Å². The minimum Gasteiger partial charge on any atom is -0.369 e. The molecule has 3 rings (SSSR count). The minimum absolute atomic E-state index is 0.0548. The Morgan fingerprint density at radius 2 is 1.59 bits per heavy atom. The molecule has 0 aromatic heterocycles.